The van der Waals surface area contributed by atoms with Gasteiger partial charge in [0.1, 0.15) is 17.1 Å². The van der Waals surface area contributed by atoms with Crippen molar-refractivity contribution < 1.29 is 23.7 Å². The molecule has 4 amide bonds. The van der Waals surface area contributed by atoms with Gasteiger partial charge in [-0.25, -0.2) is 9.69 Å². The molecule has 4 rings (SSSR count). The van der Waals surface area contributed by atoms with Crippen molar-refractivity contribution in [3.8, 4) is 11.3 Å². The van der Waals surface area contributed by atoms with Gasteiger partial charge >= 0.3 is 6.03 Å². The van der Waals surface area contributed by atoms with Gasteiger partial charge in [-0.15, -0.1) is 0 Å². The van der Waals surface area contributed by atoms with Crippen molar-refractivity contribution in [1.29, 1.82) is 0 Å². The van der Waals surface area contributed by atoms with E-state index >= 15 is 0 Å². The molecule has 31 heavy (non-hydrogen) atoms. The Labute approximate surface area is 175 Å². The molecule has 0 unspecified atom stereocenters. The lowest BCUT2D eigenvalue weighted by Crippen LogP contribution is -2.54. The van der Waals surface area contributed by atoms with Gasteiger partial charge < -0.3 is 4.42 Å². The SMILES string of the molecule is Cc1cccc(N2C(=O)NC(=O)/C(=C\c3ccc(-c4ccc([N+](=O)[O-])cc4)o3)C2=O)c1. The lowest BCUT2D eigenvalue weighted by atomic mass is 10.1. The molecule has 3 aromatic rings. The zero-order chi connectivity index (χ0) is 22.1. The van der Waals surface area contributed by atoms with Gasteiger partial charge in [-0.3, -0.25) is 25.0 Å². The first-order chi connectivity index (χ1) is 14.8. The van der Waals surface area contributed by atoms with Gasteiger partial charge in [0.25, 0.3) is 17.5 Å². The molecule has 1 N–H and O–H groups in total. The largest absolute Gasteiger partial charge is 0.457 e. The number of carbonyl (C=O) groups is 3. The number of barbiturate groups is 1. The molecule has 9 heteroatoms. The van der Waals surface area contributed by atoms with E-state index in [0.29, 0.717) is 17.0 Å². The van der Waals surface area contributed by atoms with E-state index in [1.807, 2.05) is 13.0 Å². The Bertz CT molecular complexity index is 1260. The predicted molar refractivity (Wildman–Crippen MR) is 111 cm³/mol. The second-order valence-electron chi connectivity index (χ2n) is 6.80. The number of urea groups is 1. The first-order valence-corrected chi connectivity index (χ1v) is 9.16. The maximum atomic E-state index is 12.9. The monoisotopic (exact) mass is 417 g/mol. The van der Waals surface area contributed by atoms with Gasteiger partial charge in [-0.05, 0) is 55.0 Å². The summed E-state index contributed by atoms with van der Waals surface area (Å²) in [5.74, 6) is -0.984. The summed E-state index contributed by atoms with van der Waals surface area (Å²) < 4.78 is 5.67. The van der Waals surface area contributed by atoms with Crippen LogP contribution in [0, 0.1) is 17.0 Å². The fourth-order valence-corrected chi connectivity index (χ4v) is 3.13. The van der Waals surface area contributed by atoms with Crippen LogP contribution in [0.3, 0.4) is 0 Å². The zero-order valence-electron chi connectivity index (χ0n) is 16.2. The van der Waals surface area contributed by atoms with Crippen LogP contribution in [0.15, 0.2) is 70.7 Å². The van der Waals surface area contributed by atoms with Crippen LogP contribution in [0.4, 0.5) is 16.2 Å². The molecule has 2 aromatic carbocycles. The van der Waals surface area contributed by atoms with Crippen molar-refractivity contribution in [2.75, 3.05) is 4.90 Å². The molecule has 0 radical (unpaired) electrons. The van der Waals surface area contributed by atoms with Gasteiger partial charge in [-0.1, -0.05) is 12.1 Å². The number of aryl methyl sites for hydroxylation is 1. The highest BCUT2D eigenvalue weighted by Gasteiger charge is 2.37. The zero-order valence-corrected chi connectivity index (χ0v) is 16.2. The fraction of sp³-hybridized carbons (Fsp3) is 0.0455. The number of hydrogen-bond donors (Lipinski definition) is 1. The van der Waals surface area contributed by atoms with Gasteiger partial charge in [-0.2, -0.15) is 0 Å². The Kier molecular flexibility index (Phi) is 4.92. The maximum absolute atomic E-state index is 12.9. The first kappa shape index (κ1) is 19.8. The molecule has 0 atom stereocenters. The topological polar surface area (TPSA) is 123 Å². The second-order valence-corrected chi connectivity index (χ2v) is 6.80. The summed E-state index contributed by atoms with van der Waals surface area (Å²) in [6.45, 7) is 1.82. The van der Waals surface area contributed by atoms with Crippen molar-refractivity contribution in [3.05, 3.63) is 87.7 Å². The molecule has 154 valence electrons. The number of nitro benzene ring substituents is 1. The Balaban J connectivity index is 1.64. The number of benzene rings is 2. The number of amides is 4. The third kappa shape index (κ3) is 3.84. The van der Waals surface area contributed by atoms with Crippen LogP contribution in [0.25, 0.3) is 17.4 Å². The highest BCUT2D eigenvalue weighted by atomic mass is 16.6. The quantitative estimate of drug-likeness (QED) is 0.298. The number of non-ortho nitro benzene ring substituents is 1. The van der Waals surface area contributed by atoms with Crippen LogP contribution in [-0.2, 0) is 9.59 Å². The molecule has 9 nitrogen and oxygen atoms in total. The average molecular weight is 417 g/mol. The van der Waals surface area contributed by atoms with E-state index in [1.165, 1.54) is 30.3 Å². The Morgan fingerprint density at radius 1 is 1.03 bits per heavy atom. The van der Waals surface area contributed by atoms with Crippen LogP contribution < -0.4 is 10.2 Å². The van der Waals surface area contributed by atoms with Crippen LogP contribution in [0.5, 0.6) is 0 Å². The lowest BCUT2D eigenvalue weighted by molar-refractivity contribution is -0.384. The van der Waals surface area contributed by atoms with Crippen molar-refractivity contribution in [2.24, 2.45) is 0 Å². The number of imide groups is 2. The van der Waals surface area contributed by atoms with Gasteiger partial charge in [0, 0.05) is 17.7 Å². The number of furan rings is 1. The van der Waals surface area contributed by atoms with Crippen LogP contribution >= 0.6 is 0 Å². The molecule has 1 aromatic heterocycles. The molecular weight excluding hydrogens is 402 g/mol. The van der Waals surface area contributed by atoms with Crippen LogP contribution in [0.2, 0.25) is 0 Å². The van der Waals surface area contributed by atoms with Crippen molar-refractivity contribution in [3.63, 3.8) is 0 Å². The molecule has 0 spiro atoms. The normalized spacial score (nSPS) is 15.3. The first-order valence-electron chi connectivity index (χ1n) is 9.16. The Morgan fingerprint density at radius 2 is 1.77 bits per heavy atom. The van der Waals surface area contributed by atoms with E-state index in [-0.39, 0.29) is 17.0 Å². The Hall–Kier alpha value is -4.53. The van der Waals surface area contributed by atoms with Crippen molar-refractivity contribution >= 4 is 35.3 Å². The standard InChI is InChI=1S/C22H15N3O6/c1-13-3-2-4-16(11-13)24-21(27)18(20(26)23-22(24)28)12-17-9-10-19(31-17)14-5-7-15(8-6-14)25(29)30/h2-12H,1H3,(H,23,26,28)/b18-12+. The summed E-state index contributed by atoms with van der Waals surface area (Å²) in [6.07, 6.45) is 1.25. The molecule has 0 bridgehead atoms. The number of nitrogens with zero attached hydrogens (tertiary/aromatic N) is 2. The minimum absolute atomic E-state index is 0.0528. The molecular formula is C22H15N3O6. The van der Waals surface area contributed by atoms with E-state index in [4.69, 9.17) is 4.42 Å². The Morgan fingerprint density at radius 3 is 2.45 bits per heavy atom. The molecule has 0 aliphatic carbocycles. The summed E-state index contributed by atoms with van der Waals surface area (Å²) in [7, 11) is 0. The summed E-state index contributed by atoms with van der Waals surface area (Å²) in [5, 5.41) is 12.9. The van der Waals surface area contributed by atoms with E-state index < -0.39 is 22.8 Å². The van der Waals surface area contributed by atoms with E-state index in [0.717, 1.165) is 10.5 Å². The molecule has 1 aliphatic rings. The lowest BCUT2D eigenvalue weighted by Gasteiger charge is -2.26. The van der Waals surface area contributed by atoms with E-state index in [1.54, 1.807) is 30.3 Å². The molecule has 1 saturated heterocycles. The third-order valence-corrected chi connectivity index (χ3v) is 4.64. The minimum atomic E-state index is -0.830. The summed E-state index contributed by atoms with van der Waals surface area (Å²) >= 11 is 0. The number of rotatable bonds is 4. The van der Waals surface area contributed by atoms with Crippen LogP contribution in [0.1, 0.15) is 11.3 Å². The third-order valence-electron chi connectivity index (χ3n) is 4.64. The van der Waals surface area contributed by atoms with Crippen molar-refractivity contribution in [2.45, 2.75) is 6.92 Å². The molecule has 0 saturated carbocycles. The smallest absolute Gasteiger partial charge is 0.335 e. The number of nitro groups is 1. The molecule has 1 aliphatic heterocycles. The number of nitrogens with one attached hydrogen (secondary N) is 1. The van der Waals surface area contributed by atoms with Crippen LogP contribution in [-0.4, -0.2) is 22.8 Å². The summed E-state index contributed by atoms with van der Waals surface area (Å²) in [5.41, 5.74) is 1.46. The number of anilines is 1. The van der Waals surface area contributed by atoms with Gasteiger partial charge in [0.2, 0.25) is 0 Å². The molecule has 2 heterocycles. The molecule has 1 fully saturated rings. The average Bonchev–Trinajstić information content (AvgIpc) is 3.20. The minimum Gasteiger partial charge on any atom is -0.457 e. The van der Waals surface area contributed by atoms with Gasteiger partial charge in [0.15, 0.2) is 0 Å². The number of carbonyl (C=O) groups excluding carboxylic acids is 3. The highest BCUT2D eigenvalue weighted by molar-refractivity contribution is 6.39. The summed E-state index contributed by atoms with van der Waals surface area (Å²) in [6, 6.07) is 14.9. The maximum Gasteiger partial charge on any atom is 0.335 e. The fourth-order valence-electron chi connectivity index (χ4n) is 3.13. The second kappa shape index (κ2) is 7.71. The summed E-state index contributed by atoms with van der Waals surface area (Å²) in [4.78, 5) is 48.6. The number of hydrogen-bond acceptors (Lipinski definition) is 6. The van der Waals surface area contributed by atoms with Crippen molar-refractivity contribution in [1.82, 2.24) is 5.32 Å². The highest BCUT2D eigenvalue weighted by Crippen LogP contribution is 2.27. The predicted octanol–water partition coefficient (Wildman–Crippen LogP) is 3.83. The van der Waals surface area contributed by atoms with Gasteiger partial charge in [0.05, 0.1) is 10.6 Å². The van der Waals surface area contributed by atoms with E-state index in [9.17, 15) is 24.5 Å². The van der Waals surface area contributed by atoms with E-state index in [2.05, 4.69) is 5.32 Å².